The molecular formula is C18H20ClN3O. The minimum atomic E-state index is 0.0477. The van der Waals surface area contributed by atoms with Gasteiger partial charge in [0.15, 0.2) is 0 Å². The van der Waals surface area contributed by atoms with Crippen LogP contribution in [0.2, 0.25) is 5.02 Å². The highest BCUT2D eigenvalue weighted by molar-refractivity contribution is 6.30. The zero-order valence-corrected chi connectivity index (χ0v) is 14.0. The predicted octanol–water partition coefficient (Wildman–Crippen LogP) is 3.40. The van der Waals surface area contributed by atoms with E-state index in [-0.39, 0.29) is 5.91 Å². The van der Waals surface area contributed by atoms with Gasteiger partial charge in [-0.05, 0) is 43.7 Å². The van der Waals surface area contributed by atoms with Gasteiger partial charge in [-0.3, -0.25) is 4.79 Å². The molecule has 1 aromatic heterocycles. The monoisotopic (exact) mass is 329 g/mol. The molecule has 1 amide bonds. The molecule has 1 saturated heterocycles. The quantitative estimate of drug-likeness (QED) is 0.847. The standard InChI is InChI=1S/C18H20ClN3O/c1-14-5-2-8-17(20-14)21-9-4-10-22(12-11-21)18(23)15-6-3-7-16(19)13-15/h2-3,5-8,13H,4,9-12H2,1H3. The maximum atomic E-state index is 12.6. The molecule has 23 heavy (non-hydrogen) atoms. The van der Waals surface area contributed by atoms with Crippen LogP contribution in [0, 0.1) is 6.92 Å². The number of carbonyl (C=O) groups is 1. The Labute approximate surface area is 141 Å². The Hall–Kier alpha value is -2.07. The van der Waals surface area contributed by atoms with Crippen LogP contribution in [-0.4, -0.2) is 42.0 Å². The molecule has 1 fully saturated rings. The molecule has 0 N–H and O–H groups in total. The van der Waals surface area contributed by atoms with E-state index in [1.165, 1.54) is 0 Å². The fraction of sp³-hybridized carbons (Fsp3) is 0.333. The number of halogens is 1. The molecule has 1 aliphatic rings. The number of benzene rings is 1. The van der Waals surface area contributed by atoms with Crippen molar-refractivity contribution in [2.24, 2.45) is 0 Å². The summed E-state index contributed by atoms with van der Waals surface area (Å²) in [6.07, 6.45) is 0.932. The maximum absolute atomic E-state index is 12.6. The molecule has 0 aliphatic carbocycles. The summed E-state index contributed by atoms with van der Waals surface area (Å²) in [6, 6.07) is 13.2. The number of hydrogen-bond acceptors (Lipinski definition) is 3. The van der Waals surface area contributed by atoms with Gasteiger partial charge in [-0.1, -0.05) is 23.7 Å². The molecule has 0 unspecified atom stereocenters. The Morgan fingerprint density at radius 1 is 1.09 bits per heavy atom. The van der Waals surface area contributed by atoms with Crippen molar-refractivity contribution < 1.29 is 4.79 Å². The van der Waals surface area contributed by atoms with Crippen molar-refractivity contribution in [2.45, 2.75) is 13.3 Å². The van der Waals surface area contributed by atoms with Crippen molar-refractivity contribution in [3.8, 4) is 0 Å². The van der Waals surface area contributed by atoms with Gasteiger partial charge in [-0.15, -0.1) is 0 Å². The first-order valence-electron chi connectivity index (χ1n) is 7.87. The Bertz CT molecular complexity index is 704. The van der Waals surface area contributed by atoms with Crippen LogP contribution < -0.4 is 4.90 Å². The Kier molecular flexibility index (Phi) is 4.82. The molecule has 3 rings (SSSR count). The van der Waals surface area contributed by atoms with E-state index >= 15 is 0 Å². The van der Waals surface area contributed by atoms with E-state index in [9.17, 15) is 4.79 Å². The molecule has 0 saturated carbocycles. The van der Waals surface area contributed by atoms with Crippen molar-refractivity contribution in [1.82, 2.24) is 9.88 Å². The van der Waals surface area contributed by atoms with Gasteiger partial charge in [-0.25, -0.2) is 4.98 Å². The number of aromatic nitrogens is 1. The van der Waals surface area contributed by atoms with E-state index < -0.39 is 0 Å². The molecule has 1 aromatic carbocycles. The Morgan fingerprint density at radius 3 is 2.70 bits per heavy atom. The molecule has 120 valence electrons. The van der Waals surface area contributed by atoms with Crippen molar-refractivity contribution in [2.75, 3.05) is 31.1 Å². The van der Waals surface area contributed by atoms with Crippen LogP contribution >= 0.6 is 11.6 Å². The van der Waals surface area contributed by atoms with Gasteiger partial charge in [0.25, 0.3) is 5.91 Å². The molecule has 4 nitrogen and oxygen atoms in total. The largest absolute Gasteiger partial charge is 0.355 e. The van der Waals surface area contributed by atoms with Crippen LogP contribution in [0.15, 0.2) is 42.5 Å². The van der Waals surface area contributed by atoms with Gasteiger partial charge in [-0.2, -0.15) is 0 Å². The third-order valence-electron chi connectivity index (χ3n) is 4.05. The van der Waals surface area contributed by atoms with E-state index in [2.05, 4.69) is 9.88 Å². The highest BCUT2D eigenvalue weighted by Crippen LogP contribution is 2.17. The van der Waals surface area contributed by atoms with Crippen molar-refractivity contribution in [3.05, 3.63) is 58.7 Å². The van der Waals surface area contributed by atoms with Crippen LogP contribution in [0.25, 0.3) is 0 Å². The van der Waals surface area contributed by atoms with E-state index in [0.29, 0.717) is 17.1 Å². The lowest BCUT2D eigenvalue weighted by molar-refractivity contribution is 0.0767. The fourth-order valence-corrected chi connectivity index (χ4v) is 3.05. The molecule has 5 heteroatoms. The third-order valence-corrected chi connectivity index (χ3v) is 4.29. The van der Waals surface area contributed by atoms with Gasteiger partial charge in [0.05, 0.1) is 0 Å². The van der Waals surface area contributed by atoms with Gasteiger partial charge < -0.3 is 9.80 Å². The Morgan fingerprint density at radius 2 is 1.91 bits per heavy atom. The third kappa shape index (κ3) is 3.82. The average molecular weight is 330 g/mol. The summed E-state index contributed by atoms with van der Waals surface area (Å²) < 4.78 is 0. The van der Waals surface area contributed by atoms with Crippen LogP contribution in [0.5, 0.6) is 0 Å². The van der Waals surface area contributed by atoms with E-state index in [1.807, 2.05) is 42.2 Å². The van der Waals surface area contributed by atoms with E-state index in [0.717, 1.165) is 37.6 Å². The van der Waals surface area contributed by atoms with Crippen LogP contribution in [0.4, 0.5) is 5.82 Å². The normalized spacial score (nSPS) is 15.4. The summed E-state index contributed by atoms with van der Waals surface area (Å²) in [7, 11) is 0. The molecular weight excluding hydrogens is 310 g/mol. The number of pyridine rings is 1. The summed E-state index contributed by atoms with van der Waals surface area (Å²) in [5, 5.41) is 0.594. The molecule has 0 atom stereocenters. The first-order chi connectivity index (χ1) is 11.1. The number of carbonyl (C=O) groups excluding carboxylic acids is 1. The minimum absolute atomic E-state index is 0.0477. The number of hydrogen-bond donors (Lipinski definition) is 0. The summed E-state index contributed by atoms with van der Waals surface area (Å²) in [4.78, 5) is 21.4. The van der Waals surface area contributed by atoms with Crippen LogP contribution in [0.1, 0.15) is 22.5 Å². The van der Waals surface area contributed by atoms with Crippen molar-refractivity contribution in [1.29, 1.82) is 0 Å². The second-order valence-electron chi connectivity index (χ2n) is 5.78. The van der Waals surface area contributed by atoms with Crippen LogP contribution in [-0.2, 0) is 0 Å². The van der Waals surface area contributed by atoms with Gasteiger partial charge in [0.2, 0.25) is 0 Å². The van der Waals surface area contributed by atoms with Gasteiger partial charge in [0.1, 0.15) is 5.82 Å². The second kappa shape index (κ2) is 7.01. The topological polar surface area (TPSA) is 36.4 Å². The van der Waals surface area contributed by atoms with Crippen molar-refractivity contribution in [3.63, 3.8) is 0 Å². The molecule has 0 radical (unpaired) electrons. The van der Waals surface area contributed by atoms with Gasteiger partial charge in [0, 0.05) is 42.5 Å². The smallest absolute Gasteiger partial charge is 0.253 e. The molecule has 2 heterocycles. The second-order valence-corrected chi connectivity index (χ2v) is 6.22. The molecule has 1 aliphatic heterocycles. The number of aryl methyl sites for hydroxylation is 1. The molecule has 2 aromatic rings. The van der Waals surface area contributed by atoms with E-state index in [4.69, 9.17) is 11.6 Å². The molecule has 0 spiro atoms. The zero-order chi connectivity index (χ0) is 16.2. The Balaban J connectivity index is 1.70. The lowest BCUT2D eigenvalue weighted by Crippen LogP contribution is -2.35. The summed E-state index contributed by atoms with van der Waals surface area (Å²) in [5.41, 5.74) is 1.67. The average Bonchev–Trinajstić information content (AvgIpc) is 2.80. The fourth-order valence-electron chi connectivity index (χ4n) is 2.86. The van der Waals surface area contributed by atoms with Crippen molar-refractivity contribution >= 4 is 23.3 Å². The first-order valence-corrected chi connectivity index (χ1v) is 8.25. The summed E-state index contributed by atoms with van der Waals surface area (Å²) >= 11 is 5.99. The highest BCUT2D eigenvalue weighted by Gasteiger charge is 2.21. The van der Waals surface area contributed by atoms with E-state index in [1.54, 1.807) is 12.1 Å². The minimum Gasteiger partial charge on any atom is -0.355 e. The number of anilines is 1. The highest BCUT2D eigenvalue weighted by atomic mass is 35.5. The lowest BCUT2D eigenvalue weighted by Gasteiger charge is -2.23. The predicted molar refractivity (Wildman–Crippen MR) is 93.2 cm³/mol. The molecule has 0 bridgehead atoms. The first kappa shape index (κ1) is 15.8. The van der Waals surface area contributed by atoms with Gasteiger partial charge >= 0.3 is 0 Å². The number of rotatable bonds is 2. The number of amides is 1. The lowest BCUT2D eigenvalue weighted by atomic mass is 10.2. The number of nitrogens with zero attached hydrogens (tertiary/aromatic N) is 3. The SMILES string of the molecule is Cc1cccc(N2CCCN(C(=O)c3cccc(Cl)c3)CC2)n1. The zero-order valence-electron chi connectivity index (χ0n) is 13.2. The summed E-state index contributed by atoms with van der Waals surface area (Å²) in [5.74, 6) is 1.04. The maximum Gasteiger partial charge on any atom is 0.253 e. The van der Waals surface area contributed by atoms with Crippen LogP contribution in [0.3, 0.4) is 0 Å². The summed E-state index contributed by atoms with van der Waals surface area (Å²) in [6.45, 7) is 5.16.